The van der Waals surface area contributed by atoms with Crippen molar-refractivity contribution in [1.82, 2.24) is 0 Å². The molecule has 0 saturated heterocycles. The van der Waals surface area contributed by atoms with Gasteiger partial charge in [-0.2, -0.15) is 0 Å². The van der Waals surface area contributed by atoms with E-state index in [1.165, 1.54) is 0 Å². The van der Waals surface area contributed by atoms with Crippen LogP contribution in [0.25, 0.3) is 0 Å². The predicted octanol–water partition coefficient (Wildman–Crippen LogP) is 5.36. The Kier molecular flexibility index (Phi) is 5.54. The van der Waals surface area contributed by atoms with Crippen molar-refractivity contribution in [3.63, 3.8) is 0 Å². The molecule has 0 spiro atoms. The fourth-order valence-electron chi connectivity index (χ4n) is 4.32. The molecule has 1 heterocycles. The number of methoxy groups -OCH3 is 1. The molecule has 5 nitrogen and oxygen atoms in total. The standard InChI is InChI=1S/C25H24ClNO4/c1-4-27(5-2)17-11-12-20(22(28)15-17)25(21-14-16(26)10-13-23(21)30-3)19-9-7-6-8-18(19)24(29)31-25/h6-15,28H,4-5H2,1-3H3. The minimum absolute atomic E-state index is 0.0240. The van der Waals surface area contributed by atoms with Crippen molar-refractivity contribution in [2.45, 2.75) is 19.4 Å². The van der Waals surface area contributed by atoms with Crippen molar-refractivity contribution < 1.29 is 19.4 Å². The third-order valence-electron chi connectivity index (χ3n) is 5.80. The summed E-state index contributed by atoms with van der Waals surface area (Å²) in [6.07, 6.45) is 0. The van der Waals surface area contributed by atoms with Gasteiger partial charge in [0, 0.05) is 46.6 Å². The van der Waals surface area contributed by atoms with E-state index in [1.807, 2.05) is 18.2 Å². The molecule has 3 aromatic rings. The van der Waals surface area contributed by atoms with Crippen LogP contribution in [0, 0.1) is 0 Å². The summed E-state index contributed by atoms with van der Waals surface area (Å²) in [5, 5.41) is 11.6. The molecule has 1 aliphatic heterocycles. The summed E-state index contributed by atoms with van der Waals surface area (Å²) in [5.41, 5.74) is 1.56. The van der Waals surface area contributed by atoms with Crippen LogP contribution in [0.1, 0.15) is 40.9 Å². The third kappa shape index (κ3) is 3.29. The Morgan fingerprint density at radius 1 is 1.00 bits per heavy atom. The Labute approximate surface area is 186 Å². The van der Waals surface area contributed by atoms with Crippen LogP contribution in [-0.4, -0.2) is 31.3 Å². The van der Waals surface area contributed by atoms with Gasteiger partial charge >= 0.3 is 5.97 Å². The van der Waals surface area contributed by atoms with E-state index < -0.39 is 11.6 Å². The van der Waals surface area contributed by atoms with Gasteiger partial charge in [-0.3, -0.25) is 0 Å². The van der Waals surface area contributed by atoms with E-state index >= 15 is 0 Å². The van der Waals surface area contributed by atoms with Gasteiger partial charge in [0.1, 0.15) is 11.5 Å². The van der Waals surface area contributed by atoms with Gasteiger partial charge < -0.3 is 19.5 Å². The average molecular weight is 438 g/mol. The topological polar surface area (TPSA) is 59.0 Å². The molecule has 1 atom stereocenters. The Hall–Kier alpha value is -3.18. The molecule has 0 radical (unpaired) electrons. The number of fused-ring (bicyclic) bond motifs is 1. The minimum atomic E-state index is -1.39. The van der Waals surface area contributed by atoms with Crippen molar-refractivity contribution in [2.24, 2.45) is 0 Å². The van der Waals surface area contributed by atoms with Gasteiger partial charge in [-0.05, 0) is 50.2 Å². The largest absolute Gasteiger partial charge is 0.507 e. The number of halogens is 1. The normalized spacial score (nSPS) is 17.2. The maximum atomic E-state index is 12.9. The molecule has 31 heavy (non-hydrogen) atoms. The highest BCUT2D eigenvalue weighted by Gasteiger charge is 2.51. The second-order valence-electron chi connectivity index (χ2n) is 7.33. The van der Waals surface area contributed by atoms with Crippen LogP contribution in [0.4, 0.5) is 5.69 Å². The van der Waals surface area contributed by atoms with E-state index in [2.05, 4.69) is 18.7 Å². The SMILES string of the molecule is CCN(CC)c1ccc(C2(c3cc(Cl)ccc3OC)OC(=O)c3ccccc32)c(O)c1. The van der Waals surface area contributed by atoms with Crippen molar-refractivity contribution in [2.75, 3.05) is 25.1 Å². The minimum Gasteiger partial charge on any atom is -0.507 e. The number of hydrogen-bond acceptors (Lipinski definition) is 5. The first-order valence-electron chi connectivity index (χ1n) is 10.2. The van der Waals surface area contributed by atoms with E-state index in [9.17, 15) is 9.90 Å². The van der Waals surface area contributed by atoms with E-state index in [1.54, 1.807) is 49.6 Å². The first kappa shape index (κ1) is 21.1. The van der Waals surface area contributed by atoms with Crippen LogP contribution in [-0.2, 0) is 10.3 Å². The third-order valence-corrected chi connectivity index (χ3v) is 6.04. The fraction of sp³-hybridized carbons (Fsp3) is 0.240. The molecule has 0 amide bonds. The molecule has 3 aromatic carbocycles. The highest BCUT2D eigenvalue weighted by Crippen LogP contribution is 2.52. The highest BCUT2D eigenvalue weighted by atomic mass is 35.5. The maximum Gasteiger partial charge on any atom is 0.340 e. The van der Waals surface area contributed by atoms with Gasteiger partial charge in [0.05, 0.1) is 12.7 Å². The molecule has 1 aliphatic rings. The summed E-state index contributed by atoms with van der Waals surface area (Å²) in [5.74, 6) is 0.0573. The Bertz CT molecular complexity index is 1140. The van der Waals surface area contributed by atoms with E-state index in [4.69, 9.17) is 21.1 Å². The number of carbonyl (C=O) groups is 1. The molecule has 0 aliphatic carbocycles. The van der Waals surface area contributed by atoms with Gasteiger partial charge in [0.15, 0.2) is 5.60 Å². The number of phenolic OH excluding ortho intramolecular Hbond substituents is 1. The second-order valence-corrected chi connectivity index (χ2v) is 7.77. The summed E-state index contributed by atoms with van der Waals surface area (Å²) in [6, 6.07) is 17.8. The van der Waals surface area contributed by atoms with E-state index in [-0.39, 0.29) is 5.75 Å². The Morgan fingerprint density at radius 3 is 2.42 bits per heavy atom. The molecule has 0 aromatic heterocycles. The molecule has 160 valence electrons. The molecule has 1 unspecified atom stereocenters. The monoisotopic (exact) mass is 437 g/mol. The van der Waals surface area contributed by atoms with Crippen molar-refractivity contribution >= 4 is 23.3 Å². The predicted molar refractivity (Wildman–Crippen MR) is 121 cm³/mol. The molecule has 4 rings (SSSR count). The molecule has 1 N–H and O–H groups in total. The van der Waals surface area contributed by atoms with Crippen LogP contribution >= 0.6 is 11.6 Å². The lowest BCUT2D eigenvalue weighted by Crippen LogP contribution is -2.30. The number of aromatic hydroxyl groups is 1. The van der Waals surface area contributed by atoms with Crippen LogP contribution in [0.3, 0.4) is 0 Å². The molecular weight excluding hydrogens is 414 g/mol. The molecule has 0 fully saturated rings. The summed E-state index contributed by atoms with van der Waals surface area (Å²) >= 11 is 6.34. The Morgan fingerprint density at radius 2 is 1.74 bits per heavy atom. The summed E-state index contributed by atoms with van der Waals surface area (Å²) in [7, 11) is 1.55. The zero-order valence-corrected chi connectivity index (χ0v) is 18.4. The van der Waals surface area contributed by atoms with Gasteiger partial charge in [0.25, 0.3) is 0 Å². The number of cyclic esters (lactones) is 1. The number of phenols is 1. The van der Waals surface area contributed by atoms with Crippen LogP contribution in [0.5, 0.6) is 11.5 Å². The lowest BCUT2D eigenvalue weighted by atomic mass is 9.79. The van der Waals surface area contributed by atoms with Gasteiger partial charge in [-0.25, -0.2) is 4.79 Å². The van der Waals surface area contributed by atoms with Crippen molar-refractivity contribution in [3.05, 3.63) is 87.9 Å². The first-order chi connectivity index (χ1) is 15.0. The van der Waals surface area contributed by atoms with Gasteiger partial charge in [-0.15, -0.1) is 0 Å². The van der Waals surface area contributed by atoms with Crippen molar-refractivity contribution in [1.29, 1.82) is 0 Å². The molecule has 6 heteroatoms. The lowest BCUT2D eigenvalue weighted by Gasteiger charge is -2.32. The number of benzene rings is 3. The number of esters is 1. The summed E-state index contributed by atoms with van der Waals surface area (Å²) in [4.78, 5) is 15.0. The van der Waals surface area contributed by atoms with Gasteiger partial charge in [-0.1, -0.05) is 29.8 Å². The zero-order valence-electron chi connectivity index (χ0n) is 17.7. The fourth-order valence-corrected chi connectivity index (χ4v) is 4.49. The summed E-state index contributed by atoms with van der Waals surface area (Å²) < 4.78 is 11.7. The van der Waals surface area contributed by atoms with Crippen LogP contribution in [0.15, 0.2) is 60.7 Å². The Balaban J connectivity index is 2.04. The number of anilines is 1. The van der Waals surface area contributed by atoms with Crippen LogP contribution in [0.2, 0.25) is 5.02 Å². The van der Waals surface area contributed by atoms with Gasteiger partial charge in [0.2, 0.25) is 0 Å². The number of nitrogens with zero attached hydrogens (tertiary/aromatic N) is 1. The number of hydrogen-bond donors (Lipinski definition) is 1. The molecule has 0 saturated carbocycles. The summed E-state index contributed by atoms with van der Waals surface area (Å²) in [6.45, 7) is 5.73. The van der Waals surface area contributed by atoms with Crippen molar-refractivity contribution in [3.8, 4) is 11.5 Å². The average Bonchev–Trinajstić information content (AvgIpc) is 3.08. The van der Waals surface area contributed by atoms with E-state index in [0.29, 0.717) is 33.0 Å². The lowest BCUT2D eigenvalue weighted by molar-refractivity contribution is 0.0239. The smallest absolute Gasteiger partial charge is 0.340 e. The first-order valence-corrected chi connectivity index (χ1v) is 10.6. The molecule has 0 bridgehead atoms. The number of carbonyl (C=O) groups excluding carboxylic acids is 1. The van der Waals surface area contributed by atoms with Crippen LogP contribution < -0.4 is 9.64 Å². The second kappa shape index (κ2) is 8.16. The quantitative estimate of drug-likeness (QED) is 0.526. The number of rotatable bonds is 6. The molecular formula is C25H24ClNO4. The van der Waals surface area contributed by atoms with E-state index in [0.717, 1.165) is 18.8 Å². The zero-order chi connectivity index (χ0) is 22.2. The number of ether oxygens (including phenoxy) is 2. The maximum absolute atomic E-state index is 12.9. The highest BCUT2D eigenvalue weighted by molar-refractivity contribution is 6.30.